The van der Waals surface area contributed by atoms with Gasteiger partial charge in [-0.1, -0.05) is 0 Å². The van der Waals surface area contributed by atoms with Crippen molar-refractivity contribution in [1.29, 1.82) is 0 Å². The highest BCUT2D eigenvalue weighted by Gasteiger charge is 2.54. The van der Waals surface area contributed by atoms with E-state index in [0.717, 1.165) is 0 Å². The second-order valence-electron chi connectivity index (χ2n) is 10.3. The summed E-state index contributed by atoms with van der Waals surface area (Å²) in [5.41, 5.74) is 11.9. The Bertz CT molecular complexity index is 1930. The minimum Gasteiger partial charge on any atom is -0.398 e. The van der Waals surface area contributed by atoms with Gasteiger partial charge in [0, 0.05) is 18.3 Å². The number of aliphatic hydroxyl groups excluding tert-OH is 1. The van der Waals surface area contributed by atoms with Gasteiger partial charge in [0.25, 0.3) is 5.56 Å². The van der Waals surface area contributed by atoms with Crippen LogP contribution in [0.1, 0.15) is 18.7 Å². The molecule has 4 aromatic heterocycles. The Morgan fingerprint density at radius 2 is 1.82 bits per heavy atom. The molecule has 7 rings (SSSR count). The predicted octanol–water partition coefficient (Wildman–Crippen LogP) is -0.111. The lowest BCUT2D eigenvalue weighted by atomic mass is 10.1. The van der Waals surface area contributed by atoms with Gasteiger partial charge in [0.1, 0.15) is 41.6 Å². The van der Waals surface area contributed by atoms with Crippen LogP contribution in [0.3, 0.4) is 0 Å². The van der Waals surface area contributed by atoms with Crippen LogP contribution in [0.4, 0.5) is 15.9 Å². The molecule has 44 heavy (non-hydrogen) atoms. The molecule has 0 spiro atoms. The molecule has 2 aliphatic heterocycles. The lowest BCUT2D eigenvalue weighted by molar-refractivity contribution is -0.0568. The summed E-state index contributed by atoms with van der Waals surface area (Å²) in [5, 5.41) is 13.9. The molecule has 23 heteroatoms. The Balaban J connectivity index is 1.22. The first-order valence-corrected chi connectivity index (χ1v) is 18.1. The van der Waals surface area contributed by atoms with Gasteiger partial charge in [-0.15, -0.1) is 0 Å². The van der Waals surface area contributed by atoms with Crippen LogP contribution in [-0.4, -0.2) is 92.5 Å². The molecule has 2 unspecified atom stereocenters. The van der Waals surface area contributed by atoms with E-state index in [1.165, 1.54) is 34.2 Å². The number of aromatic amines is 1. The summed E-state index contributed by atoms with van der Waals surface area (Å²) in [6.45, 7) is -9.09. The number of nitrogen functional groups attached to an aromatic ring is 2. The van der Waals surface area contributed by atoms with E-state index in [4.69, 9.17) is 57.9 Å². The molecule has 236 valence electrons. The van der Waals surface area contributed by atoms with Crippen LogP contribution in [0.2, 0.25) is 0 Å². The molecule has 2 bridgehead atoms. The van der Waals surface area contributed by atoms with Crippen molar-refractivity contribution in [2.45, 2.75) is 55.4 Å². The van der Waals surface area contributed by atoms with Crippen LogP contribution in [0.5, 0.6) is 0 Å². The van der Waals surface area contributed by atoms with Gasteiger partial charge in [0.2, 0.25) is 0 Å². The minimum atomic E-state index is -4.31. The van der Waals surface area contributed by atoms with E-state index in [-0.39, 0.29) is 40.1 Å². The van der Waals surface area contributed by atoms with Gasteiger partial charge in [-0.3, -0.25) is 23.7 Å². The van der Waals surface area contributed by atoms with Crippen molar-refractivity contribution in [3.63, 3.8) is 0 Å². The Labute approximate surface area is 255 Å². The van der Waals surface area contributed by atoms with E-state index in [2.05, 4.69) is 25.0 Å². The molecule has 1 saturated carbocycles. The molecule has 2 saturated heterocycles. The Morgan fingerprint density at radius 1 is 1.05 bits per heavy atom. The maximum absolute atomic E-state index is 16.1. The molecule has 0 amide bonds. The van der Waals surface area contributed by atoms with Gasteiger partial charge in [0.15, 0.2) is 29.5 Å². The summed E-state index contributed by atoms with van der Waals surface area (Å²) in [6, 6.07) is 0.475. The molecule has 10 atom stereocenters. The second-order valence-corrected chi connectivity index (χ2v) is 15.8. The van der Waals surface area contributed by atoms with Crippen LogP contribution in [0.25, 0.3) is 22.2 Å². The third-order valence-corrected chi connectivity index (χ3v) is 10.8. The topological polar surface area (TPSA) is 253 Å². The zero-order valence-corrected chi connectivity index (χ0v) is 25.5. The minimum absolute atomic E-state index is 0.0637. The van der Waals surface area contributed by atoms with Gasteiger partial charge in [-0.2, -0.15) is 0 Å². The summed E-state index contributed by atoms with van der Waals surface area (Å²) in [6.07, 6.45) is -6.86. The molecule has 0 aromatic carbocycles. The fourth-order valence-electron chi connectivity index (χ4n) is 5.72. The van der Waals surface area contributed by atoms with Crippen molar-refractivity contribution >= 4 is 70.8 Å². The number of H-pyrrole nitrogens is 1. The van der Waals surface area contributed by atoms with Crippen LogP contribution >= 0.6 is 13.4 Å². The number of pyridine rings is 1. The molecular formula is C21H24FN9O9P2S2. The van der Waals surface area contributed by atoms with E-state index in [0.29, 0.717) is 0 Å². The smallest absolute Gasteiger partial charge is 0.325 e. The fraction of sp³-hybridized carbons (Fsp3) is 0.476. The van der Waals surface area contributed by atoms with Crippen molar-refractivity contribution in [3.05, 3.63) is 35.3 Å². The Morgan fingerprint density at radius 3 is 2.61 bits per heavy atom. The number of halogens is 1. The number of nitrogens with one attached hydrogen (secondary N) is 1. The average Bonchev–Trinajstić information content (AvgIpc) is 3.68. The van der Waals surface area contributed by atoms with Crippen molar-refractivity contribution in [2.75, 3.05) is 18.1 Å². The van der Waals surface area contributed by atoms with Crippen LogP contribution in [0.15, 0.2) is 29.7 Å². The Hall–Kier alpha value is -2.52. The Kier molecular flexibility index (Phi) is 7.39. The number of aliphatic hydroxyl groups is 1. The van der Waals surface area contributed by atoms with E-state index < -0.39 is 74.6 Å². The number of nitrogens with two attached hydrogens (primary N) is 2. The van der Waals surface area contributed by atoms with E-state index >= 15 is 4.39 Å². The van der Waals surface area contributed by atoms with Gasteiger partial charge in [-0.25, -0.2) is 24.3 Å². The number of imidazole rings is 1. The number of alkyl halides is 1. The first kappa shape index (κ1) is 30.2. The maximum atomic E-state index is 16.1. The third-order valence-electron chi connectivity index (χ3n) is 7.65. The number of aromatic nitrogens is 7. The van der Waals surface area contributed by atoms with E-state index in [1.807, 2.05) is 0 Å². The molecule has 4 aromatic rings. The van der Waals surface area contributed by atoms with Gasteiger partial charge >= 0.3 is 13.4 Å². The van der Waals surface area contributed by atoms with Gasteiger partial charge < -0.3 is 44.7 Å². The number of hydrogen-bond acceptors (Lipinski definition) is 15. The summed E-state index contributed by atoms with van der Waals surface area (Å²) >= 11 is 10.5. The quantitative estimate of drug-likeness (QED) is 0.150. The summed E-state index contributed by atoms with van der Waals surface area (Å²) in [7, 11) is 0. The van der Waals surface area contributed by atoms with Gasteiger partial charge in [0.05, 0.1) is 25.1 Å². The highest BCUT2D eigenvalue weighted by molar-refractivity contribution is 8.07. The standard InChI is InChI=1S/C21H24FN9O9P2S2/c22-12-16-10(37-21(12)30-6-28-13-17(24)26-5-27-19(13)30)4-36-41(34,43)39-15-8(3-9(14(15)32)38-42(35,44)40-16)31-18-11(20(33)29-31)7(23)1-2-25-18/h1-2,5-6,8-10,12,14-16,21,32H,3-4H2,(H2,23,25)(H,29,33)(H,34,43)(H,35,44)(H2,24,26,27)/t8-,9+,10-,12-,14-,15+,16-,21-,41?,42?/m1/s1. The maximum Gasteiger partial charge on any atom is 0.325 e. The number of hydrogen-bond donors (Lipinski definition) is 6. The summed E-state index contributed by atoms with van der Waals surface area (Å²) < 4.78 is 47.2. The molecule has 3 aliphatic rings. The van der Waals surface area contributed by atoms with Crippen molar-refractivity contribution in [3.8, 4) is 0 Å². The molecule has 0 radical (unpaired) electrons. The largest absolute Gasteiger partial charge is 0.398 e. The lowest BCUT2D eigenvalue weighted by Crippen LogP contribution is -2.38. The zero-order valence-electron chi connectivity index (χ0n) is 22.1. The molecule has 1 aliphatic carbocycles. The summed E-state index contributed by atoms with van der Waals surface area (Å²) in [4.78, 5) is 51.2. The molecule has 8 N–H and O–H groups in total. The van der Waals surface area contributed by atoms with E-state index in [1.54, 1.807) is 0 Å². The SMILES string of the molecule is Nc1ncnc2c1ncn2[C@@H]1O[C@@H]2COP(O)(=S)O[C@@H]3[C@H](O)[C@H](C[C@H]3n3[nH]c(=O)c4c(N)ccnc43)OP(O)(=S)O[C@H]2[C@H]1F. The zero-order chi connectivity index (χ0) is 31.1. The number of anilines is 2. The third kappa shape index (κ3) is 5.06. The first-order valence-electron chi connectivity index (χ1n) is 12.9. The van der Waals surface area contributed by atoms with Crippen LogP contribution in [0, 0.1) is 0 Å². The number of nitrogens with zero attached hydrogens (tertiary/aromatic N) is 6. The van der Waals surface area contributed by atoms with Crippen LogP contribution in [-0.2, 0) is 46.4 Å². The van der Waals surface area contributed by atoms with Crippen molar-refractivity contribution < 1.29 is 42.1 Å². The van der Waals surface area contributed by atoms with Crippen molar-refractivity contribution in [1.82, 2.24) is 34.3 Å². The molecule has 18 nitrogen and oxygen atoms in total. The number of fused-ring (bicyclic) bond motifs is 5. The predicted molar refractivity (Wildman–Crippen MR) is 157 cm³/mol. The normalized spacial score (nSPS) is 38.0. The molecule has 6 heterocycles. The molecule has 3 fully saturated rings. The number of rotatable bonds is 2. The first-order chi connectivity index (χ1) is 20.8. The summed E-state index contributed by atoms with van der Waals surface area (Å²) in [5.74, 6) is 0.0637. The van der Waals surface area contributed by atoms with Crippen LogP contribution < -0.4 is 17.0 Å². The average molecular weight is 692 g/mol. The van der Waals surface area contributed by atoms with E-state index in [9.17, 15) is 19.7 Å². The highest BCUT2D eigenvalue weighted by atomic mass is 32.5. The monoisotopic (exact) mass is 691 g/mol. The molecular weight excluding hydrogens is 667 g/mol. The van der Waals surface area contributed by atoms with Gasteiger partial charge in [-0.05, 0) is 29.7 Å². The second kappa shape index (κ2) is 10.8. The number of ether oxygens (including phenoxy) is 1. The van der Waals surface area contributed by atoms with Crippen molar-refractivity contribution in [2.24, 2.45) is 0 Å². The fourth-order valence-corrected chi connectivity index (χ4v) is 8.96. The lowest BCUT2D eigenvalue weighted by Gasteiger charge is -2.31. The highest BCUT2D eigenvalue weighted by Crippen LogP contribution is 2.57.